The minimum atomic E-state index is 0.0288. The maximum Gasteiger partial charge on any atom is 0.274 e. The maximum atomic E-state index is 12.8. The average Bonchev–Trinajstić information content (AvgIpc) is 3.27. The predicted molar refractivity (Wildman–Crippen MR) is 93.8 cm³/mol. The molecule has 6 nitrogen and oxygen atoms in total. The smallest absolute Gasteiger partial charge is 0.274 e. The number of nitrogens with zero attached hydrogens (tertiary/aromatic N) is 3. The number of hydrogen-bond donors (Lipinski definition) is 0. The van der Waals surface area contributed by atoms with Crippen molar-refractivity contribution in [2.75, 3.05) is 19.9 Å². The zero-order valence-electron chi connectivity index (χ0n) is 14.7. The van der Waals surface area contributed by atoms with Gasteiger partial charge >= 0.3 is 0 Å². The lowest BCUT2D eigenvalue weighted by molar-refractivity contribution is 0.0690. The van der Waals surface area contributed by atoms with Crippen molar-refractivity contribution in [1.29, 1.82) is 0 Å². The zero-order valence-corrected chi connectivity index (χ0v) is 14.7. The summed E-state index contributed by atoms with van der Waals surface area (Å²) in [6.07, 6.45) is 2.13. The molecule has 1 amide bonds. The van der Waals surface area contributed by atoms with Crippen LogP contribution in [0.25, 0.3) is 11.3 Å². The molecule has 132 valence electrons. The van der Waals surface area contributed by atoms with Crippen molar-refractivity contribution in [3.8, 4) is 22.8 Å². The quantitative estimate of drug-likeness (QED) is 0.860. The molecule has 1 aromatic heterocycles. The van der Waals surface area contributed by atoms with Crippen LogP contribution >= 0.6 is 0 Å². The lowest BCUT2D eigenvalue weighted by Gasteiger charge is -2.29. The van der Waals surface area contributed by atoms with Gasteiger partial charge < -0.3 is 14.4 Å². The van der Waals surface area contributed by atoms with Crippen LogP contribution in [0, 0.1) is 5.92 Å². The van der Waals surface area contributed by atoms with E-state index < -0.39 is 0 Å². The van der Waals surface area contributed by atoms with E-state index in [1.807, 2.05) is 40.8 Å². The van der Waals surface area contributed by atoms with Crippen LogP contribution in [0.4, 0.5) is 0 Å². The standard InChI is InChI=1S/C19H23N3O3/c1-3-22-16(14-4-5-17-18(10-14)25-12-24-17)11-15(20-22)19(23)21-8-6-13(2)7-9-21/h4-5,10-11,13H,3,6-9,12H2,1-2H3. The number of likely N-dealkylation sites (tertiary alicyclic amines) is 1. The van der Waals surface area contributed by atoms with Gasteiger partial charge in [0.05, 0.1) is 5.69 Å². The fourth-order valence-corrected chi connectivity index (χ4v) is 3.42. The molecular weight excluding hydrogens is 318 g/mol. The first kappa shape index (κ1) is 16.0. The van der Waals surface area contributed by atoms with Crippen molar-refractivity contribution in [1.82, 2.24) is 14.7 Å². The maximum absolute atomic E-state index is 12.8. The lowest BCUT2D eigenvalue weighted by Crippen LogP contribution is -2.38. The average molecular weight is 341 g/mol. The van der Waals surface area contributed by atoms with E-state index in [1.165, 1.54) is 0 Å². The van der Waals surface area contributed by atoms with E-state index in [0.29, 0.717) is 18.2 Å². The summed E-state index contributed by atoms with van der Waals surface area (Å²) in [5, 5.41) is 4.55. The summed E-state index contributed by atoms with van der Waals surface area (Å²) < 4.78 is 12.7. The third-order valence-electron chi connectivity index (χ3n) is 5.04. The Labute approximate surface area is 147 Å². The molecule has 0 spiro atoms. The van der Waals surface area contributed by atoms with Crippen molar-refractivity contribution in [3.05, 3.63) is 30.0 Å². The highest BCUT2D eigenvalue weighted by Crippen LogP contribution is 2.36. The van der Waals surface area contributed by atoms with Gasteiger partial charge in [-0.15, -0.1) is 0 Å². The van der Waals surface area contributed by atoms with Crippen molar-refractivity contribution >= 4 is 5.91 Å². The summed E-state index contributed by atoms with van der Waals surface area (Å²) in [5.41, 5.74) is 2.42. The Hall–Kier alpha value is -2.50. The third-order valence-corrected chi connectivity index (χ3v) is 5.04. The molecule has 0 N–H and O–H groups in total. The van der Waals surface area contributed by atoms with Crippen molar-refractivity contribution in [3.63, 3.8) is 0 Å². The van der Waals surface area contributed by atoms with E-state index in [1.54, 1.807) is 0 Å². The highest BCUT2D eigenvalue weighted by Gasteiger charge is 2.25. The fourth-order valence-electron chi connectivity index (χ4n) is 3.42. The molecule has 6 heteroatoms. The van der Waals surface area contributed by atoms with E-state index in [4.69, 9.17) is 9.47 Å². The van der Waals surface area contributed by atoms with Gasteiger partial charge in [-0.2, -0.15) is 5.10 Å². The number of fused-ring (bicyclic) bond motifs is 1. The molecule has 0 atom stereocenters. The number of rotatable bonds is 3. The van der Waals surface area contributed by atoms with Crippen LogP contribution in [0.1, 0.15) is 37.2 Å². The molecule has 0 radical (unpaired) electrons. The summed E-state index contributed by atoms with van der Waals surface area (Å²) in [5.74, 6) is 2.21. The van der Waals surface area contributed by atoms with Gasteiger partial charge in [0, 0.05) is 25.2 Å². The van der Waals surface area contributed by atoms with Crippen LogP contribution in [0.15, 0.2) is 24.3 Å². The van der Waals surface area contributed by atoms with Crippen molar-refractivity contribution < 1.29 is 14.3 Å². The first-order chi connectivity index (χ1) is 12.2. The van der Waals surface area contributed by atoms with Crippen LogP contribution in [0.2, 0.25) is 0 Å². The number of hydrogen-bond acceptors (Lipinski definition) is 4. The van der Waals surface area contributed by atoms with Gasteiger partial charge in [-0.1, -0.05) is 6.92 Å². The normalized spacial score (nSPS) is 17.1. The number of aryl methyl sites for hydroxylation is 1. The Morgan fingerprint density at radius 2 is 1.96 bits per heavy atom. The van der Waals surface area contributed by atoms with Crippen LogP contribution in [0.3, 0.4) is 0 Å². The first-order valence-electron chi connectivity index (χ1n) is 8.93. The topological polar surface area (TPSA) is 56.6 Å². The molecule has 0 unspecified atom stereocenters. The third kappa shape index (κ3) is 2.97. The second-order valence-corrected chi connectivity index (χ2v) is 6.77. The van der Waals surface area contributed by atoms with E-state index >= 15 is 0 Å². The number of ether oxygens (including phenoxy) is 2. The highest BCUT2D eigenvalue weighted by molar-refractivity contribution is 5.93. The fraction of sp³-hybridized carbons (Fsp3) is 0.474. The molecule has 0 bridgehead atoms. The van der Waals surface area contributed by atoms with Gasteiger partial charge in [0.25, 0.3) is 5.91 Å². The number of carbonyl (C=O) groups excluding carboxylic acids is 1. The number of benzene rings is 1. The summed E-state index contributed by atoms with van der Waals surface area (Å²) >= 11 is 0. The Morgan fingerprint density at radius 1 is 1.20 bits per heavy atom. The molecule has 0 aliphatic carbocycles. The molecule has 2 aromatic rings. The van der Waals surface area contributed by atoms with Gasteiger partial charge in [-0.25, -0.2) is 0 Å². The minimum absolute atomic E-state index is 0.0288. The molecule has 1 saturated heterocycles. The molecule has 25 heavy (non-hydrogen) atoms. The van der Waals surface area contributed by atoms with Gasteiger partial charge in [-0.05, 0) is 49.9 Å². The second kappa shape index (κ2) is 6.43. The number of carbonyl (C=O) groups is 1. The van der Waals surface area contributed by atoms with Gasteiger partial charge in [-0.3, -0.25) is 9.48 Å². The predicted octanol–water partition coefficient (Wildman–Crippen LogP) is 3.17. The summed E-state index contributed by atoms with van der Waals surface area (Å²) in [7, 11) is 0. The van der Waals surface area contributed by atoms with Crippen LogP contribution < -0.4 is 9.47 Å². The second-order valence-electron chi connectivity index (χ2n) is 6.77. The molecule has 2 aliphatic heterocycles. The van der Waals surface area contributed by atoms with Crippen molar-refractivity contribution in [2.24, 2.45) is 5.92 Å². The summed E-state index contributed by atoms with van der Waals surface area (Å²) in [4.78, 5) is 14.7. The van der Waals surface area contributed by atoms with E-state index in [2.05, 4.69) is 12.0 Å². The van der Waals surface area contributed by atoms with Gasteiger partial charge in [0.1, 0.15) is 0 Å². The lowest BCUT2D eigenvalue weighted by atomic mass is 9.99. The Morgan fingerprint density at radius 3 is 2.72 bits per heavy atom. The van der Waals surface area contributed by atoms with E-state index in [9.17, 15) is 4.79 Å². The Kier molecular flexibility index (Phi) is 4.11. The summed E-state index contributed by atoms with van der Waals surface area (Å²) in [6, 6.07) is 7.72. The number of amides is 1. The molecule has 3 heterocycles. The van der Waals surface area contributed by atoms with E-state index in [-0.39, 0.29) is 12.7 Å². The molecule has 1 aromatic carbocycles. The Bertz CT molecular complexity index is 791. The molecule has 0 saturated carbocycles. The van der Waals surface area contributed by atoms with Gasteiger partial charge in [0.15, 0.2) is 17.2 Å². The molecule has 2 aliphatic rings. The first-order valence-corrected chi connectivity index (χ1v) is 8.93. The SMILES string of the molecule is CCn1nc(C(=O)N2CCC(C)CC2)cc1-c1ccc2c(c1)OCO2. The van der Waals surface area contributed by atoms with Crippen LogP contribution in [0.5, 0.6) is 11.5 Å². The van der Waals surface area contributed by atoms with Gasteiger partial charge in [0.2, 0.25) is 6.79 Å². The number of piperidine rings is 1. The summed E-state index contributed by atoms with van der Waals surface area (Å²) in [6.45, 7) is 6.86. The largest absolute Gasteiger partial charge is 0.454 e. The molecule has 4 rings (SSSR count). The van der Waals surface area contributed by atoms with Crippen LogP contribution in [-0.4, -0.2) is 40.5 Å². The Balaban J connectivity index is 1.62. The van der Waals surface area contributed by atoms with E-state index in [0.717, 1.165) is 48.7 Å². The minimum Gasteiger partial charge on any atom is -0.454 e. The van der Waals surface area contributed by atoms with Crippen molar-refractivity contribution in [2.45, 2.75) is 33.2 Å². The monoisotopic (exact) mass is 341 g/mol. The molecular formula is C19H23N3O3. The molecule has 1 fully saturated rings. The zero-order chi connectivity index (χ0) is 17.4. The number of aromatic nitrogens is 2. The van der Waals surface area contributed by atoms with Crippen LogP contribution in [-0.2, 0) is 6.54 Å². The highest BCUT2D eigenvalue weighted by atomic mass is 16.7.